The molecule has 0 aliphatic carbocycles. The maximum absolute atomic E-state index is 12.6. The van der Waals surface area contributed by atoms with Gasteiger partial charge in [-0.1, -0.05) is 30.3 Å². The Kier molecular flexibility index (Phi) is 5.66. The van der Waals surface area contributed by atoms with Gasteiger partial charge in [-0.05, 0) is 31.7 Å². The Hall–Kier alpha value is -1.69. The van der Waals surface area contributed by atoms with Crippen LogP contribution in [0.25, 0.3) is 0 Å². The molecule has 0 spiro atoms. The molecule has 0 unspecified atom stereocenters. The molecule has 1 amide bonds. The zero-order valence-corrected chi connectivity index (χ0v) is 15.2. The molecule has 1 aliphatic rings. The van der Waals surface area contributed by atoms with Crippen LogP contribution in [0.5, 0.6) is 0 Å². The number of likely N-dealkylation sites (N-methyl/N-ethyl adjacent to an activating group) is 1. The second-order valence-electron chi connectivity index (χ2n) is 6.45. The lowest BCUT2D eigenvalue weighted by molar-refractivity contribution is 0.0911. The van der Waals surface area contributed by atoms with Crippen molar-refractivity contribution in [3.63, 3.8) is 0 Å². The number of nitrogens with zero attached hydrogens (tertiary/aromatic N) is 2. The number of carbonyl (C=O) groups excluding carboxylic acids is 1. The molecule has 128 valence electrons. The third-order valence-corrected chi connectivity index (χ3v) is 5.51. The minimum atomic E-state index is 0.0181. The van der Waals surface area contributed by atoms with Gasteiger partial charge in [-0.3, -0.25) is 9.69 Å². The Bertz CT molecular complexity index is 662. The Morgan fingerprint density at radius 3 is 2.46 bits per heavy atom. The van der Waals surface area contributed by atoms with Crippen molar-refractivity contribution in [2.75, 3.05) is 39.8 Å². The number of rotatable bonds is 5. The Morgan fingerprint density at radius 2 is 1.83 bits per heavy atom. The van der Waals surface area contributed by atoms with E-state index < -0.39 is 0 Å². The zero-order chi connectivity index (χ0) is 16.9. The monoisotopic (exact) mass is 343 g/mol. The van der Waals surface area contributed by atoms with Gasteiger partial charge in [0.25, 0.3) is 5.91 Å². The molecule has 3 rings (SSSR count). The SMILES string of the molecule is Cc1ccc(C(=O)N[C@@H](CN2CCN(C)CC2)c2ccccc2)s1. The second-order valence-corrected chi connectivity index (χ2v) is 7.74. The van der Waals surface area contributed by atoms with Crippen molar-refractivity contribution >= 4 is 17.2 Å². The van der Waals surface area contributed by atoms with Gasteiger partial charge in [0.15, 0.2) is 0 Å². The van der Waals surface area contributed by atoms with Crippen LogP contribution in [0.1, 0.15) is 26.2 Å². The summed E-state index contributed by atoms with van der Waals surface area (Å²) in [6.07, 6.45) is 0. The minimum absolute atomic E-state index is 0.0181. The molecule has 1 fully saturated rings. The predicted octanol–water partition coefficient (Wildman–Crippen LogP) is 2.78. The number of carbonyl (C=O) groups is 1. The van der Waals surface area contributed by atoms with Crippen LogP contribution in [0, 0.1) is 6.92 Å². The standard InChI is InChI=1S/C19H25N3OS/c1-15-8-9-18(24-15)19(23)20-17(16-6-4-3-5-7-16)14-22-12-10-21(2)11-13-22/h3-9,17H,10-14H2,1-2H3,(H,20,23)/t17-/m0/s1. The van der Waals surface area contributed by atoms with Crippen LogP contribution in [0.4, 0.5) is 0 Å². The molecule has 2 aromatic rings. The normalized spacial score (nSPS) is 17.6. The summed E-state index contributed by atoms with van der Waals surface area (Å²) in [5.41, 5.74) is 1.16. The second kappa shape index (κ2) is 7.92. The van der Waals surface area contributed by atoms with Crippen LogP contribution in [0.3, 0.4) is 0 Å². The number of hydrogen-bond donors (Lipinski definition) is 1. The maximum Gasteiger partial charge on any atom is 0.261 e. The fourth-order valence-corrected chi connectivity index (χ4v) is 3.76. The van der Waals surface area contributed by atoms with Crippen LogP contribution in [0.2, 0.25) is 0 Å². The molecule has 2 heterocycles. The van der Waals surface area contributed by atoms with Crippen molar-refractivity contribution in [2.45, 2.75) is 13.0 Å². The van der Waals surface area contributed by atoms with Gasteiger partial charge < -0.3 is 10.2 Å². The zero-order valence-electron chi connectivity index (χ0n) is 14.4. The first-order chi connectivity index (χ1) is 11.6. The quantitative estimate of drug-likeness (QED) is 0.907. The summed E-state index contributed by atoms with van der Waals surface area (Å²) in [7, 11) is 2.16. The van der Waals surface area contributed by atoms with E-state index in [9.17, 15) is 4.79 Å². The average molecular weight is 343 g/mol. The molecule has 1 aliphatic heterocycles. The fraction of sp³-hybridized carbons (Fsp3) is 0.421. The molecule has 0 radical (unpaired) electrons. The summed E-state index contributed by atoms with van der Waals surface area (Å²) >= 11 is 1.55. The van der Waals surface area contributed by atoms with E-state index in [0.29, 0.717) is 0 Å². The van der Waals surface area contributed by atoms with Gasteiger partial charge in [0.2, 0.25) is 0 Å². The summed E-state index contributed by atoms with van der Waals surface area (Å²) in [4.78, 5) is 19.3. The van der Waals surface area contributed by atoms with E-state index in [4.69, 9.17) is 0 Å². The van der Waals surface area contributed by atoms with Crippen molar-refractivity contribution in [1.29, 1.82) is 0 Å². The number of nitrogens with one attached hydrogen (secondary N) is 1. The number of amides is 1. The van der Waals surface area contributed by atoms with Crippen molar-refractivity contribution in [1.82, 2.24) is 15.1 Å². The molecular formula is C19H25N3OS. The van der Waals surface area contributed by atoms with Crippen LogP contribution in [-0.4, -0.2) is 55.5 Å². The lowest BCUT2D eigenvalue weighted by Crippen LogP contribution is -2.47. The first kappa shape index (κ1) is 17.1. The van der Waals surface area contributed by atoms with Crippen molar-refractivity contribution < 1.29 is 4.79 Å². The van der Waals surface area contributed by atoms with E-state index in [-0.39, 0.29) is 11.9 Å². The molecule has 1 aromatic heterocycles. The van der Waals surface area contributed by atoms with Gasteiger partial charge >= 0.3 is 0 Å². The summed E-state index contributed by atoms with van der Waals surface area (Å²) in [6.45, 7) is 7.15. The highest BCUT2D eigenvalue weighted by molar-refractivity contribution is 7.13. The first-order valence-corrected chi connectivity index (χ1v) is 9.26. The smallest absolute Gasteiger partial charge is 0.261 e. The van der Waals surface area contributed by atoms with E-state index in [1.54, 1.807) is 11.3 Å². The molecule has 0 bridgehead atoms. The Morgan fingerprint density at radius 1 is 1.12 bits per heavy atom. The molecular weight excluding hydrogens is 318 g/mol. The van der Waals surface area contributed by atoms with E-state index >= 15 is 0 Å². The van der Waals surface area contributed by atoms with E-state index in [1.165, 1.54) is 0 Å². The lowest BCUT2D eigenvalue weighted by Gasteiger charge is -2.35. The van der Waals surface area contributed by atoms with Gasteiger partial charge in [-0.25, -0.2) is 0 Å². The van der Waals surface area contributed by atoms with Gasteiger partial charge in [0.1, 0.15) is 0 Å². The Labute approximate surface area is 148 Å². The van der Waals surface area contributed by atoms with Crippen LogP contribution in [0.15, 0.2) is 42.5 Å². The predicted molar refractivity (Wildman–Crippen MR) is 99.6 cm³/mol. The third-order valence-electron chi connectivity index (χ3n) is 4.51. The minimum Gasteiger partial charge on any atom is -0.343 e. The third kappa shape index (κ3) is 4.44. The van der Waals surface area contributed by atoms with Crippen LogP contribution < -0.4 is 5.32 Å². The number of benzene rings is 1. The summed E-state index contributed by atoms with van der Waals surface area (Å²) < 4.78 is 0. The number of piperazine rings is 1. The van der Waals surface area contributed by atoms with Crippen molar-refractivity contribution in [3.8, 4) is 0 Å². The summed E-state index contributed by atoms with van der Waals surface area (Å²) in [5.74, 6) is 0.0241. The summed E-state index contributed by atoms with van der Waals surface area (Å²) in [5, 5.41) is 3.24. The largest absolute Gasteiger partial charge is 0.343 e. The van der Waals surface area contributed by atoms with Crippen molar-refractivity contribution in [3.05, 3.63) is 57.8 Å². The highest BCUT2D eigenvalue weighted by atomic mass is 32.1. The molecule has 24 heavy (non-hydrogen) atoms. The highest BCUT2D eigenvalue weighted by Gasteiger charge is 2.22. The molecule has 4 nitrogen and oxygen atoms in total. The van der Waals surface area contributed by atoms with Crippen LogP contribution in [-0.2, 0) is 0 Å². The number of aryl methyl sites for hydroxylation is 1. The molecule has 1 atom stereocenters. The van der Waals surface area contributed by atoms with Gasteiger partial charge in [-0.2, -0.15) is 0 Å². The van der Waals surface area contributed by atoms with Crippen molar-refractivity contribution in [2.24, 2.45) is 0 Å². The van der Waals surface area contributed by atoms with Gasteiger partial charge in [0.05, 0.1) is 10.9 Å². The maximum atomic E-state index is 12.6. The molecule has 1 N–H and O–H groups in total. The average Bonchev–Trinajstić information content (AvgIpc) is 3.03. The first-order valence-electron chi connectivity index (χ1n) is 8.45. The topological polar surface area (TPSA) is 35.6 Å². The summed E-state index contributed by atoms with van der Waals surface area (Å²) in [6, 6.07) is 14.2. The highest BCUT2D eigenvalue weighted by Crippen LogP contribution is 2.19. The molecule has 5 heteroatoms. The lowest BCUT2D eigenvalue weighted by atomic mass is 10.1. The number of hydrogen-bond acceptors (Lipinski definition) is 4. The number of thiophene rings is 1. The Balaban J connectivity index is 1.71. The van der Waals surface area contributed by atoms with E-state index in [2.05, 4.69) is 34.3 Å². The van der Waals surface area contributed by atoms with E-state index in [0.717, 1.165) is 48.0 Å². The van der Waals surface area contributed by atoms with Crippen LogP contribution >= 0.6 is 11.3 Å². The fourth-order valence-electron chi connectivity index (χ4n) is 2.99. The molecule has 0 saturated carbocycles. The molecule has 1 saturated heterocycles. The van der Waals surface area contributed by atoms with Gasteiger partial charge in [-0.15, -0.1) is 11.3 Å². The molecule has 1 aromatic carbocycles. The van der Waals surface area contributed by atoms with E-state index in [1.807, 2.05) is 37.3 Å². The van der Waals surface area contributed by atoms with Gasteiger partial charge in [0, 0.05) is 37.6 Å².